The molecule has 0 aliphatic heterocycles. The Bertz CT molecular complexity index is 640. The zero-order chi connectivity index (χ0) is 16.1. The second-order valence-corrected chi connectivity index (χ2v) is 5.38. The lowest BCUT2D eigenvalue weighted by molar-refractivity contribution is -0.143. The molecule has 1 aliphatic carbocycles. The normalized spacial score (nSPS) is 14.1. The number of carbonyl (C=O) groups excluding carboxylic acids is 3. The van der Waals surface area contributed by atoms with Crippen molar-refractivity contribution in [3.63, 3.8) is 0 Å². The number of Topliss-reactive ketones (excluding diaryl/α,β-unsaturated/α-hetero) is 2. The van der Waals surface area contributed by atoms with Crippen LogP contribution in [0.25, 0.3) is 0 Å². The predicted octanol–water partition coefficient (Wildman–Crippen LogP) is 3.51. The number of ether oxygens (including phenoxy) is 1. The van der Waals surface area contributed by atoms with Crippen LogP contribution in [0.3, 0.4) is 0 Å². The summed E-state index contributed by atoms with van der Waals surface area (Å²) in [6.07, 6.45) is 2.16. The SMILES string of the molecule is CCCCOC(=O)CCC1=C(C)C(=O)c2ccccc2C1=O. The van der Waals surface area contributed by atoms with Gasteiger partial charge in [-0.05, 0) is 19.8 Å². The topological polar surface area (TPSA) is 60.4 Å². The summed E-state index contributed by atoms with van der Waals surface area (Å²) in [5.41, 5.74) is 1.73. The van der Waals surface area contributed by atoms with E-state index >= 15 is 0 Å². The lowest BCUT2D eigenvalue weighted by Crippen LogP contribution is -2.21. The Morgan fingerprint density at radius 2 is 1.73 bits per heavy atom. The first-order valence-electron chi connectivity index (χ1n) is 7.60. The van der Waals surface area contributed by atoms with Crippen molar-refractivity contribution in [1.29, 1.82) is 0 Å². The van der Waals surface area contributed by atoms with E-state index in [0.29, 0.717) is 28.9 Å². The zero-order valence-corrected chi connectivity index (χ0v) is 13.0. The van der Waals surface area contributed by atoms with Crippen molar-refractivity contribution < 1.29 is 19.1 Å². The molecule has 0 spiro atoms. The number of hydrogen-bond acceptors (Lipinski definition) is 4. The van der Waals surface area contributed by atoms with Gasteiger partial charge in [0.1, 0.15) is 0 Å². The molecule has 116 valence electrons. The second kappa shape index (κ2) is 7.16. The number of rotatable bonds is 6. The minimum Gasteiger partial charge on any atom is -0.466 e. The van der Waals surface area contributed by atoms with Gasteiger partial charge in [0.05, 0.1) is 6.61 Å². The van der Waals surface area contributed by atoms with Gasteiger partial charge in [-0.1, -0.05) is 37.6 Å². The Labute approximate surface area is 130 Å². The molecule has 0 heterocycles. The number of hydrogen-bond donors (Lipinski definition) is 0. The molecule has 22 heavy (non-hydrogen) atoms. The van der Waals surface area contributed by atoms with Gasteiger partial charge in [-0.2, -0.15) is 0 Å². The van der Waals surface area contributed by atoms with Gasteiger partial charge in [-0.25, -0.2) is 0 Å². The molecule has 0 bridgehead atoms. The zero-order valence-electron chi connectivity index (χ0n) is 13.0. The van der Waals surface area contributed by atoms with E-state index in [1.54, 1.807) is 31.2 Å². The van der Waals surface area contributed by atoms with E-state index < -0.39 is 0 Å². The van der Waals surface area contributed by atoms with E-state index in [4.69, 9.17) is 4.74 Å². The molecule has 0 unspecified atom stereocenters. The highest BCUT2D eigenvalue weighted by Gasteiger charge is 2.29. The Morgan fingerprint density at radius 3 is 2.36 bits per heavy atom. The maximum absolute atomic E-state index is 12.5. The third-order valence-corrected chi connectivity index (χ3v) is 3.82. The smallest absolute Gasteiger partial charge is 0.306 e. The summed E-state index contributed by atoms with van der Waals surface area (Å²) in [5, 5.41) is 0. The molecule has 0 saturated heterocycles. The van der Waals surface area contributed by atoms with Crippen LogP contribution in [0.4, 0.5) is 0 Å². The molecular weight excluding hydrogens is 280 g/mol. The van der Waals surface area contributed by atoms with Gasteiger partial charge in [-0.15, -0.1) is 0 Å². The van der Waals surface area contributed by atoms with Gasteiger partial charge in [0.2, 0.25) is 0 Å². The fourth-order valence-electron chi connectivity index (χ4n) is 2.48. The van der Waals surface area contributed by atoms with E-state index in [1.165, 1.54) is 0 Å². The number of fused-ring (bicyclic) bond motifs is 1. The fraction of sp³-hybridized carbons (Fsp3) is 0.389. The number of ketones is 2. The van der Waals surface area contributed by atoms with Crippen molar-refractivity contribution in [2.45, 2.75) is 39.5 Å². The third-order valence-electron chi connectivity index (χ3n) is 3.82. The van der Waals surface area contributed by atoms with Gasteiger partial charge < -0.3 is 4.74 Å². The molecule has 2 rings (SSSR count). The van der Waals surface area contributed by atoms with Gasteiger partial charge in [-0.3, -0.25) is 14.4 Å². The van der Waals surface area contributed by atoms with E-state index in [9.17, 15) is 14.4 Å². The third kappa shape index (κ3) is 3.32. The second-order valence-electron chi connectivity index (χ2n) is 5.38. The van der Waals surface area contributed by atoms with Gasteiger partial charge >= 0.3 is 5.97 Å². The van der Waals surface area contributed by atoms with Crippen molar-refractivity contribution in [2.75, 3.05) is 6.61 Å². The van der Waals surface area contributed by atoms with Crippen LogP contribution in [0.1, 0.15) is 60.2 Å². The summed E-state index contributed by atoms with van der Waals surface area (Å²) < 4.78 is 5.08. The maximum atomic E-state index is 12.5. The molecular formula is C18H20O4. The summed E-state index contributed by atoms with van der Waals surface area (Å²) in [6.45, 7) is 4.07. The Hall–Kier alpha value is -2.23. The summed E-state index contributed by atoms with van der Waals surface area (Å²) in [4.78, 5) is 36.4. The highest BCUT2D eigenvalue weighted by atomic mass is 16.5. The van der Waals surface area contributed by atoms with Crippen molar-refractivity contribution in [2.24, 2.45) is 0 Å². The molecule has 1 aromatic rings. The van der Waals surface area contributed by atoms with Crippen molar-refractivity contribution in [1.82, 2.24) is 0 Å². The van der Waals surface area contributed by atoms with Gasteiger partial charge in [0.25, 0.3) is 0 Å². The van der Waals surface area contributed by atoms with Crippen molar-refractivity contribution in [3.8, 4) is 0 Å². The van der Waals surface area contributed by atoms with E-state index in [2.05, 4.69) is 0 Å². The Kier molecular flexibility index (Phi) is 5.26. The summed E-state index contributed by atoms with van der Waals surface area (Å²) >= 11 is 0. The molecule has 1 aliphatic rings. The first kappa shape index (κ1) is 16.1. The van der Waals surface area contributed by atoms with Gasteiger partial charge in [0.15, 0.2) is 11.6 Å². The highest BCUT2D eigenvalue weighted by Crippen LogP contribution is 2.28. The van der Waals surface area contributed by atoms with Crippen LogP contribution >= 0.6 is 0 Å². The quantitative estimate of drug-likeness (QED) is 0.596. The molecule has 0 aromatic heterocycles. The van der Waals surface area contributed by atoms with Crippen molar-refractivity contribution in [3.05, 3.63) is 46.5 Å². The number of carbonyl (C=O) groups is 3. The Morgan fingerprint density at radius 1 is 1.09 bits per heavy atom. The first-order chi connectivity index (χ1) is 10.6. The minimum absolute atomic E-state index is 0.123. The average molecular weight is 300 g/mol. The number of esters is 1. The van der Waals surface area contributed by atoms with Crippen LogP contribution < -0.4 is 0 Å². The van der Waals surface area contributed by atoms with Crippen LogP contribution in [0.15, 0.2) is 35.4 Å². The van der Waals surface area contributed by atoms with E-state index in [1.807, 2.05) is 6.92 Å². The van der Waals surface area contributed by atoms with Crippen LogP contribution in [0.2, 0.25) is 0 Å². The highest BCUT2D eigenvalue weighted by molar-refractivity contribution is 6.26. The van der Waals surface area contributed by atoms with Gasteiger partial charge in [0, 0.05) is 28.7 Å². The summed E-state index contributed by atoms with van der Waals surface area (Å²) in [5.74, 6) is -0.619. The minimum atomic E-state index is -0.326. The number of benzene rings is 1. The fourth-order valence-corrected chi connectivity index (χ4v) is 2.48. The standard InChI is InChI=1S/C18H20O4/c1-3-4-11-22-16(19)10-9-13-12(2)17(20)14-7-5-6-8-15(14)18(13)21/h5-8H,3-4,9-11H2,1-2H3. The van der Waals surface area contributed by atoms with E-state index in [-0.39, 0.29) is 30.4 Å². The predicted molar refractivity (Wildman–Crippen MR) is 82.9 cm³/mol. The molecule has 0 fully saturated rings. The number of allylic oxidation sites excluding steroid dienone is 2. The molecule has 0 N–H and O–H groups in total. The lowest BCUT2D eigenvalue weighted by atomic mass is 9.83. The molecule has 0 amide bonds. The van der Waals surface area contributed by atoms with Crippen LogP contribution in [-0.2, 0) is 9.53 Å². The van der Waals surface area contributed by atoms with Crippen LogP contribution in [-0.4, -0.2) is 24.1 Å². The molecule has 1 aromatic carbocycles. The molecule has 0 saturated carbocycles. The number of unbranched alkanes of at least 4 members (excludes halogenated alkanes) is 1. The van der Waals surface area contributed by atoms with Crippen LogP contribution in [0.5, 0.6) is 0 Å². The van der Waals surface area contributed by atoms with Crippen molar-refractivity contribution >= 4 is 17.5 Å². The molecule has 4 nitrogen and oxygen atoms in total. The molecule has 4 heteroatoms. The lowest BCUT2D eigenvalue weighted by Gasteiger charge is -2.18. The average Bonchev–Trinajstić information content (AvgIpc) is 2.53. The monoisotopic (exact) mass is 300 g/mol. The summed E-state index contributed by atoms with van der Waals surface area (Å²) in [6, 6.07) is 6.80. The molecule has 0 atom stereocenters. The Balaban J connectivity index is 2.08. The summed E-state index contributed by atoms with van der Waals surface area (Å²) in [7, 11) is 0. The maximum Gasteiger partial charge on any atom is 0.306 e. The van der Waals surface area contributed by atoms with E-state index in [0.717, 1.165) is 12.8 Å². The largest absolute Gasteiger partial charge is 0.466 e. The molecule has 0 radical (unpaired) electrons. The first-order valence-corrected chi connectivity index (χ1v) is 7.60. The van der Waals surface area contributed by atoms with Crippen LogP contribution in [0, 0.1) is 0 Å².